The Morgan fingerprint density at radius 1 is 1.00 bits per heavy atom. The first-order valence-electron chi connectivity index (χ1n) is 9.19. The molecule has 156 valence electrons. The highest BCUT2D eigenvalue weighted by Crippen LogP contribution is 2.31. The van der Waals surface area contributed by atoms with E-state index in [2.05, 4.69) is 10.3 Å². The normalized spacial score (nSPS) is 16.0. The third kappa shape index (κ3) is 5.28. The van der Waals surface area contributed by atoms with E-state index in [1.807, 2.05) is 24.3 Å². The Labute approximate surface area is 192 Å². The molecule has 1 heterocycles. The molecule has 1 aliphatic rings. The molecule has 1 aliphatic heterocycles. The average Bonchev–Trinajstić information content (AvgIpc) is 3.09. The number of aliphatic imine (C=N–C) groups is 1. The monoisotopic (exact) mass is 472 g/mol. The van der Waals surface area contributed by atoms with Gasteiger partial charge in [-0.05, 0) is 59.8 Å². The summed E-state index contributed by atoms with van der Waals surface area (Å²) >= 11 is 13.4. The fraction of sp³-hybridized carbons (Fsp3) is 0.0435. The molecule has 1 N–H and O–H groups in total. The number of rotatable bonds is 5. The van der Waals surface area contributed by atoms with Crippen LogP contribution in [0, 0.1) is 5.82 Å². The van der Waals surface area contributed by atoms with Crippen LogP contribution in [0.15, 0.2) is 76.6 Å². The van der Waals surface area contributed by atoms with E-state index in [1.54, 1.807) is 42.5 Å². The molecule has 0 bridgehead atoms. The molecular weight excluding hydrogens is 458 g/mol. The molecule has 1 amide bonds. The minimum absolute atomic E-state index is 0.0199. The van der Waals surface area contributed by atoms with Crippen molar-refractivity contribution in [2.75, 3.05) is 0 Å². The summed E-state index contributed by atoms with van der Waals surface area (Å²) in [5.41, 5.74) is 1.71. The molecule has 1 saturated heterocycles. The van der Waals surface area contributed by atoms with Crippen LogP contribution in [0.25, 0.3) is 6.08 Å². The number of para-hydroxylation sites is 1. The SMILES string of the molecule is O=C1NC(=Nc2ccccc2Cl)S/C1=C/c1ccc(OCc2c(F)cccc2Cl)cc1. The maximum atomic E-state index is 13.8. The fourth-order valence-electron chi connectivity index (χ4n) is 2.77. The third-order valence-electron chi connectivity index (χ3n) is 4.35. The van der Waals surface area contributed by atoms with Crippen LogP contribution in [0.2, 0.25) is 10.0 Å². The topological polar surface area (TPSA) is 50.7 Å². The highest BCUT2D eigenvalue weighted by molar-refractivity contribution is 8.18. The first-order chi connectivity index (χ1) is 15.0. The number of carbonyl (C=O) groups is 1. The lowest BCUT2D eigenvalue weighted by atomic mass is 10.2. The Bertz CT molecular complexity index is 1180. The van der Waals surface area contributed by atoms with Gasteiger partial charge in [0.05, 0.1) is 20.6 Å². The molecule has 3 aromatic rings. The molecule has 0 saturated carbocycles. The van der Waals surface area contributed by atoms with Crippen molar-refractivity contribution in [2.45, 2.75) is 6.61 Å². The quantitative estimate of drug-likeness (QED) is 0.425. The second-order valence-corrected chi connectivity index (χ2v) is 8.34. The van der Waals surface area contributed by atoms with E-state index in [0.717, 1.165) is 5.56 Å². The van der Waals surface area contributed by atoms with E-state index in [4.69, 9.17) is 27.9 Å². The third-order valence-corrected chi connectivity index (χ3v) is 5.93. The highest BCUT2D eigenvalue weighted by Gasteiger charge is 2.24. The lowest BCUT2D eigenvalue weighted by molar-refractivity contribution is -0.115. The van der Waals surface area contributed by atoms with Crippen LogP contribution in [-0.2, 0) is 11.4 Å². The number of hydrogen-bond donors (Lipinski definition) is 1. The van der Waals surface area contributed by atoms with Crippen molar-refractivity contribution in [1.82, 2.24) is 5.32 Å². The number of halogens is 3. The minimum Gasteiger partial charge on any atom is -0.489 e. The Balaban J connectivity index is 1.43. The molecule has 0 spiro atoms. The molecule has 1 fully saturated rings. The van der Waals surface area contributed by atoms with Crippen LogP contribution < -0.4 is 10.1 Å². The fourth-order valence-corrected chi connectivity index (χ4v) is 4.00. The smallest absolute Gasteiger partial charge is 0.264 e. The second kappa shape index (κ2) is 9.56. The van der Waals surface area contributed by atoms with Crippen molar-refractivity contribution >= 4 is 57.8 Å². The molecular formula is C23H15Cl2FN2O2S. The standard InChI is InChI=1S/C23H15Cl2FN2O2S/c24-17-5-3-6-19(26)16(17)13-30-15-10-8-14(9-11-15)12-21-22(29)28-23(31-21)27-20-7-2-1-4-18(20)25/h1-12H,13H2,(H,27,28,29)/b21-12+. The van der Waals surface area contributed by atoms with Gasteiger partial charge in [0.25, 0.3) is 5.91 Å². The van der Waals surface area contributed by atoms with Crippen molar-refractivity contribution in [1.29, 1.82) is 0 Å². The van der Waals surface area contributed by atoms with Gasteiger partial charge in [-0.25, -0.2) is 9.38 Å². The van der Waals surface area contributed by atoms with Crippen LogP contribution in [0.4, 0.5) is 10.1 Å². The van der Waals surface area contributed by atoms with Gasteiger partial charge in [-0.15, -0.1) is 0 Å². The van der Waals surface area contributed by atoms with Gasteiger partial charge in [0, 0.05) is 5.56 Å². The summed E-state index contributed by atoms with van der Waals surface area (Å²) in [6.07, 6.45) is 1.76. The zero-order chi connectivity index (χ0) is 21.8. The van der Waals surface area contributed by atoms with Gasteiger partial charge in [-0.3, -0.25) is 4.79 Å². The predicted octanol–water partition coefficient (Wildman–Crippen LogP) is 6.60. The average molecular weight is 473 g/mol. The molecule has 0 aliphatic carbocycles. The summed E-state index contributed by atoms with van der Waals surface area (Å²) in [6, 6.07) is 18.8. The second-order valence-electron chi connectivity index (χ2n) is 6.49. The van der Waals surface area contributed by atoms with Gasteiger partial charge in [0.1, 0.15) is 18.2 Å². The Hall–Kier alpha value is -2.80. The van der Waals surface area contributed by atoms with E-state index in [0.29, 0.717) is 37.1 Å². The maximum absolute atomic E-state index is 13.8. The van der Waals surface area contributed by atoms with Crippen LogP contribution in [0.5, 0.6) is 5.75 Å². The van der Waals surface area contributed by atoms with Crippen LogP contribution >= 0.6 is 35.0 Å². The first-order valence-corrected chi connectivity index (χ1v) is 10.8. The Kier molecular flexibility index (Phi) is 6.61. The number of ether oxygens (including phenoxy) is 1. The van der Waals surface area contributed by atoms with Crippen molar-refractivity contribution in [3.63, 3.8) is 0 Å². The molecule has 3 aromatic carbocycles. The number of amides is 1. The number of hydrogen-bond acceptors (Lipinski definition) is 4. The van der Waals surface area contributed by atoms with Crippen molar-refractivity contribution in [3.05, 3.63) is 98.6 Å². The van der Waals surface area contributed by atoms with Crippen LogP contribution in [-0.4, -0.2) is 11.1 Å². The highest BCUT2D eigenvalue weighted by atomic mass is 35.5. The molecule has 0 radical (unpaired) electrons. The lowest BCUT2D eigenvalue weighted by Crippen LogP contribution is -2.19. The lowest BCUT2D eigenvalue weighted by Gasteiger charge is -2.09. The van der Waals surface area contributed by atoms with E-state index in [1.165, 1.54) is 17.8 Å². The minimum atomic E-state index is -0.410. The van der Waals surface area contributed by atoms with Crippen molar-refractivity contribution < 1.29 is 13.9 Å². The van der Waals surface area contributed by atoms with Gasteiger partial charge >= 0.3 is 0 Å². The van der Waals surface area contributed by atoms with E-state index in [-0.39, 0.29) is 12.5 Å². The number of nitrogens with zero attached hydrogens (tertiary/aromatic N) is 1. The van der Waals surface area contributed by atoms with Gasteiger partial charge < -0.3 is 10.1 Å². The molecule has 0 atom stereocenters. The molecule has 4 rings (SSSR count). The summed E-state index contributed by atoms with van der Waals surface area (Å²) in [6.45, 7) is 0.0199. The first kappa shape index (κ1) is 21.4. The van der Waals surface area contributed by atoms with Crippen molar-refractivity contribution in [2.24, 2.45) is 4.99 Å². The van der Waals surface area contributed by atoms with Gasteiger partial charge in [0.2, 0.25) is 0 Å². The number of amidine groups is 1. The number of nitrogens with one attached hydrogen (secondary N) is 1. The largest absolute Gasteiger partial charge is 0.489 e. The zero-order valence-corrected chi connectivity index (χ0v) is 18.3. The number of carbonyl (C=O) groups excluding carboxylic acids is 1. The molecule has 0 aromatic heterocycles. The summed E-state index contributed by atoms with van der Waals surface area (Å²) in [4.78, 5) is 17.2. The summed E-state index contributed by atoms with van der Waals surface area (Å²) in [7, 11) is 0. The molecule has 4 nitrogen and oxygen atoms in total. The van der Waals surface area contributed by atoms with Gasteiger partial charge in [-0.2, -0.15) is 0 Å². The van der Waals surface area contributed by atoms with Crippen LogP contribution in [0.1, 0.15) is 11.1 Å². The Morgan fingerprint density at radius 3 is 2.48 bits per heavy atom. The molecule has 8 heteroatoms. The van der Waals surface area contributed by atoms with Crippen molar-refractivity contribution in [3.8, 4) is 5.75 Å². The van der Waals surface area contributed by atoms with Gasteiger partial charge in [0.15, 0.2) is 5.17 Å². The Morgan fingerprint density at radius 2 is 1.74 bits per heavy atom. The van der Waals surface area contributed by atoms with Crippen LogP contribution in [0.3, 0.4) is 0 Å². The van der Waals surface area contributed by atoms with E-state index >= 15 is 0 Å². The maximum Gasteiger partial charge on any atom is 0.264 e. The molecule has 31 heavy (non-hydrogen) atoms. The molecule has 0 unspecified atom stereocenters. The summed E-state index contributed by atoms with van der Waals surface area (Å²) < 4.78 is 19.5. The van der Waals surface area contributed by atoms with Gasteiger partial charge in [-0.1, -0.05) is 53.5 Å². The number of thioether (sulfide) groups is 1. The van der Waals surface area contributed by atoms with E-state index in [9.17, 15) is 9.18 Å². The summed E-state index contributed by atoms with van der Waals surface area (Å²) in [5, 5.41) is 4.03. The summed E-state index contributed by atoms with van der Waals surface area (Å²) in [5.74, 6) is -0.0799. The zero-order valence-electron chi connectivity index (χ0n) is 15.9. The van der Waals surface area contributed by atoms with E-state index < -0.39 is 5.82 Å². The number of benzene rings is 3. The predicted molar refractivity (Wildman–Crippen MR) is 124 cm³/mol.